The van der Waals surface area contributed by atoms with Crippen molar-refractivity contribution in [2.24, 2.45) is 5.92 Å². The predicted octanol–water partition coefficient (Wildman–Crippen LogP) is 2.83. The topological polar surface area (TPSA) is 40.5 Å². The molecule has 0 radical (unpaired) electrons. The highest BCUT2D eigenvalue weighted by Crippen LogP contribution is 2.49. The van der Waals surface area contributed by atoms with Crippen molar-refractivity contribution in [2.75, 3.05) is 13.2 Å². The Bertz CT molecular complexity index is 562. The third-order valence-electron chi connectivity index (χ3n) is 4.85. The minimum absolute atomic E-state index is 0.000645. The molecule has 5 heteroatoms. The van der Waals surface area contributed by atoms with Crippen LogP contribution in [0.2, 0.25) is 0 Å². The van der Waals surface area contributed by atoms with E-state index >= 15 is 0 Å². The molecule has 2 aliphatic rings. The molecule has 1 amide bonds. The number of nitrogens with zero attached hydrogens (tertiary/aromatic N) is 1. The van der Waals surface area contributed by atoms with Crippen LogP contribution in [-0.4, -0.2) is 35.1 Å². The molecule has 2 fully saturated rings. The van der Waals surface area contributed by atoms with Gasteiger partial charge in [-0.05, 0) is 55.7 Å². The summed E-state index contributed by atoms with van der Waals surface area (Å²) < 4.78 is 26.3. The van der Waals surface area contributed by atoms with Crippen LogP contribution in [0.3, 0.4) is 0 Å². The molecule has 22 heavy (non-hydrogen) atoms. The second-order valence-electron chi connectivity index (χ2n) is 6.32. The summed E-state index contributed by atoms with van der Waals surface area (Å²) in [6, 6.07) is 4.02. The number of halogens is 2. The highest BCUT2D eigenvalue weighted by molar-refractivity contribution is 5.83. The van der Waals surface area contributed by atoms with Crippen molar-refractivity contribution in [1.82, 2.24) is 4.90 Å². The van der Waals surface area contributed by atoms with Gasteiger partial charge in [-0.15, -0.1) is 0 Å². The van der Waals surface area contributed by atoms with Gasteiger partial charge in [-0.3, -0.25) is 4.79 Å². The number of benzene rings is 1. The van der Waals surface area contributed by atoms with Gasteiger partial charge in [-0.2, -0.15) is 0 Å². The molecule has 1 saturated carbocycles. The summed E-state index contributed by atoms with van der Waals surface area (Å²) in [5.74, 6) is -1.73. The van der Waals surface area contributed by atoms with Crippen molar-refractivity contribution in [2.45, 2.75) is 44.1 Å². The van der Waals surface area contributed by atoms with Gasteiger partial charge >= 0.3 is 0 Å². The van der Waals surface area contributed by atoms with Crippen LogP contribution in [0.1, 0.15) is 43.6 Å². The van der Waals surface area contributed by atoms with E-state index in [-0.39, 0.29) is 30.4 Å². The molecule has 0 bridgehead atoms. The standard InChI is InChI=1S/C17H21F2NO2/c18-15-5-4-11(9-16(15)19)13-10-14(13)17(22)20-7-2-1-3-12(20)6-8-21/h4-5,9,12-14,21H,1-3,6-8,10H2. The van der Waals surface area contributed by atoms with Crippen molar-refractivity contribution < 1.29 is 18.7 Å². The molecule has 0 aromatic heterocycles. The van der Waals surface area contributed by atoms with Crippen molar-refractivity contribution in [3.8, 4) is 0 Å². The van der Waals surface area contributed by atoms with E-state index in [9.17, 15) is 13.6 Å². The molecular weight excluding hydrogens is 288 g/mol. The molecule has 1 aliphatic carbocycles. The Kier molecular flexibility index (Phi) is 4.43. The Labute approximate surface area is 128 Å². The minimum atomic E-state index is -0.855. The summed E-state index contributed by atoms with van der Waals surface area (Å²) >= 11 is 0. The highest BCUT2D eigenvalue weighted by atomic mass is 19.2. The molecule has 3 atom stereocenters. The molecule has 1 aromatic carbocycles. The Morgan fingerprint density at radius 3 is 2.82 bits per heavy atom. The first-order valence-corrected chi connectivity index (χ1v) is 7.98. The lowest BCUT2D eigenvalue weighted by Crippen LogP contribution is -2.45. The zero-order valence-electron chi connectivity index (χ0n) is 12.5. The summed E-state index contributed by atoms with van der Waals surface area (Å²) in [5.41, 5.74) is 0.702. The largest absolute Gasteiger partial charge is 0.396 e. The summed E-state index contributed by atoms with van der Waals surface area (Å²) in [4.78, 5) is 14.6. The van der Waals surface area contributed by atoms with Crippen molar-refractivity contribution >= 4 is 5.91 Å². The van der Waals surface area contributed by atoms with E-state index in [0.717, 1.165) is 31.9 Å². The Morgan fingerprint density at radius 1 is 1.27 bits per heavy atom. The summed E-state index contributed by atoms with van der Waals surface area (Å²) in [6.45, 7) is 0.830. The number of aliphatic hydroxyl groups excluding tert-OH is 1. The number of carbonyl (C=O) groups excluding carboxylic acids is 1. The number of hydrogen-bond donors (Lipinski definition) is 1. The fourth-order valence-corrected chi connectivity index (χ4v) is 3.53. The van der Waals surface area contributed by atoms with Crippen LogP contribution >= 0.6 is 0 Å². The molecule has 120 valence electrons. The molecule has 1 aromatic rings. The molecule has 3 nitrogen and oxygen atoms in total. The van der Waals surface area contributed by atoms with Crippen LogP contribution < -0.4 is 0 Å². The number of likely N-dealkylation sites (tertiary alicyclic amines) is 1. The van der Waals surface area contributed by atoms with Gasteiger partial charge in [-0.1, -0.05) is 6.07 Å². The van der Waals surface area contributed by atoms with E-state index < -0.39 is 11.6 Å². The molecule has 3 unspecified atom stereocenters. The zero-order chi connectivity index (χ0) is 15.7. The van der Waals surface area contributed by atoms with Crippen molar-refractivity contribution in [1.29, 1.82) is 0 Å². The van der Waals surface area contributed by atoms with Gasteiger partial charge < -0.3 is 10.0 Å². The lowest BCUT2D eigenvalue weighted by atomic mass is 9.98. The van der Waals surface area contributed by atoms with Crippen LogP contribution in [0.15, 0.2) is 18.2 Å². The highest BCUT2D eigenvalue weighted by Gasteiger charge is 2.47. The number of amides is 1. The summed E-state index contributed by atoms with van der Waals surface area (Å²) in [5, 5.41) is 9.14. The van der Waals surface area contributed by atoms with Crippen LogP contribution in [0.25, 0.3) is 0 Å². The van der Waals surface area contributed by atoms with Crippen LogP contribution in [0.4, 0.5) is 8.78 Å². The lowest BCUT2D eigenvalue weighted by molar-refractivity contribution is -0.136. The van der Waals surface area contributed by atoms with E-state index in [0.29, 0.717) is 18.4 Å². The average molecular weight is 309 g/mol. The van der Waals surface area contributed by atoms with E-state index in [1.807, 2.05) is 4.90 Å². The first-order chi connectivity index (χ1) is 10.6. The fraction of sp³-hybridized carbons (Fsp3) is 0.588. The van der Waals surface area contributed by atoms with E-state index in [2.05, 4.69) is 0 Å². The van der Waals surface area contributed by atoms with Gasteiger partial charge in [0.25, 0.3) is 0 Å². The molecule has 1 aliphatic heterocycles. The Hall–Kier alpha value is -1.49. The quantitative estimate of drug-likeness (QED) is 0.929. The number of aliphatic hydroxyl groups is 1. The van der Waals surface area contributed by atoms with Crippen LogP contribution in [-0.2, 0) is 4.79 Å². The van der Waals surface area contributed by atoms with E-state index in [1.54, 1.807) is 6.07 Å². The summed E-state index contributed by atoms with van der Waals surface area (Å²) in [6.07, 6.45) is 4.34. The number of carbonyl (C=O) groups is 1. The molecule has 1 saturated heterocycles. The smallest absolute Gasteiger partial charge is 0.226 e. The first-order valence-electron chi connectivity index (χ1n) is 7.98. The normalized spacial score (nSPS) is 27.8. The van der Waals surface area contributed by atoms with Gasteiger partial charge in [0.05, 0.1) is 0 Å². The van der Waals surface area contributed by atoms with Gasteiger partial charge in [0.15, 0.2) is 11.6 Å². The molecule has 3 rings (SSSR count). The van der Waals surface area contributed by atoms with Gasteiger partial charge in [0.1, 0.15) is 0 Å². The second kappa shape index (κ2) is 6.32. The Morgan fingerprint density at radius 2 is 2.09 bits per heavy atom. The Balaban J connectivity index is 1.67. The number of piperidine rings is 1. The van der Waals surface area contributed by atoms with Crippen LogP contribution in [0.5, 0.6) is 0 Å². The average Bonchev–Trinajstić information content (AvgIpc) is 3.31. The predicted molar refractivity (Wildman–Crippen MR) is 78.3 cm³/mol. The van der Waals surface area contributed by atoms with Gasteiger partial charge in [0.2, 0.25) is 5.91 Å². The van der Waals surface area contributed by atoms with E-state index in [1.165, 1.54) is 6.07 Å². The zero-order valence-corrected chi connectivity index (χ0v) is 12.5. The number of rotatable bonds is 4. The maximum atomic E-state index is 13.3. The maximum Gasteiger partial charge on any atom is 0.226 e. The number of hydrogen-bond acceptors (Lipinski definition) is 2. The third-order valence-corrected chi connectivity index (χ3v) is 4.85. The van der Waals surface area contributed by atoms with Gasteiger partial charge in [0, 0.05) is 25.1 Å². The minimum Gasteiger partial charge on any atom is -0.396 e. The molecular formula is C17H21F2NO2. The molecule has 1 N–H and O–H groups in total. The van der Waals surface area contributed by atoms with Crippen molar-refractivity contribution in [3.63, 3.8) is 0 Å². The van der Waals surface area contributed by atoms with Gasteiger partial charge in [-0.25, -0.2) is 8.78 Å². The SMILES string of the molecule is O=C(C1CC1c1ccc(F)c(F)c1)N1CCCCC1CCO. The van der Waals surface area contributed by atoms with Crippen LogP contribution in [0, 0.1) is 17.6 Å². The summed E-state index contributed by atoms with van der Waals surface area (Å²) in [7, 11) is 0. The van der Waals surface area contributed by atoms with Crippen molar-refractivity contribution in [3.05, 3.63) is 35.4 Å². The lowest BCUT2D eigenvalue weighted by Gasteiger charge is -2.36. The monoisotopic (exact) mass is 309 g/mol. The second-order valence-corrected chi connectivity index (χ2v) is 6.32. The fourth-order valence-electron chi connectivity index (χ4n) is 3.53. The first kappa shape index (κ1) is 15.4. The molecule has 0 spiro atoms. The third kappa shape index (κ3) is 3.00. The molecule has 1 heterocycles. The maximum absolute atomic E-state index is 13.3. The van der Waals surface area contributed by atoms with E-state index in [4.69, 9.17) is 5.11 Å².